The van der Waals surface area contributed by atoms with Crippen LogP contribution in [0.3, 0.4) is 0 Å². The number of hydrogen-bond donors (Lipinski definition) is 1. The Morgan fingerprint density at radius 2 is 1.81 bits per heavy atom. The van der Waals surface area contributed by atoms with Crippen LogP contribution < -0.4 is 5.32 Å². The summed E-state index contributed by atoms with van der Waals surface area (Å²) in [6.45, 7) is 4.24. The van der Waals surface area contributed by atoms with Crippen molar-refractivity contribution >= 4 is 16.8 Å². The lowest BCUT2D eigenvalue weighted by Crippen LogP contribution is -1.94. The normalized spacial score (nSPS) is 14.4. The molecule has 0 radical (unpaired) electrons. The number of halogens is 1. The van der Waals surface area contributed by atoms with Gasteiger partial charge in [-0.2, -0.15) is 0 Å². The van der Waals surface area contributed by atoms with Gasteiger partial charge in [0.2, 0.25) is 5.24 Å². The standard InChI is InChI=1S/C7H13ClO.C6H7N/c1-3-6(2)4-5-7(8)9;1-2-4-6-7-5-3-1/h6H,3-5H2,1-2H3;1-7H. The number of nitrogens with one attached hydrogen (secondary N) is 1. The van der Waals surface area contributed by atoms with Gasteiger partial charge in [0.15, 0.2) is 0 Å². The van der Waals surface area contributed by atoms with Gasteiger partial charge in [0, 0.05) is 18.8 Å². The van der Waals surface area contributed by atoms with E-state index in [2.05, 4.69) is 19.2 Å². The molecule has 0 spiro atoms. The highest BCUT2D eigenvalue weighted by atomic mass is 35.5. The van der Waals surface area contributed by atoms with E-state index in [4.69, 9.17) is 11.6 Å². The molecule has 0 amide bonds. The van der Waals surface area contributed by atoms with E-state index in [1.807, 2.05) is 36.7 Å². The molecule has 1 aliphatic rings. The lowest BCUT2D eigenvalue weighted by atomic mass is 10.0. The molecule has 0 fully saturated rings. The fraction of sp³-hybridized carbons (Fsp3) is 0.462. The maximum absolute atomic E-state index is 10.2. The molecule has 0 aliphatic carbocycles. The monoisotopic (exact) mass is 241 g/mol. The van der Waals surface area contributed by atoms with Crippen molar-refractivity contribution in [3.63, 3.8) is 0 Å². The molecule has 16 heavy (non-hydrogen) atoms. The molecule has 1 atom stereocenters. The van der Waals surface area contributed by atoms with Gasteiger partial charge in [0.05, 0.1) is 0 Å². The number of hydrogen-bond acceptors (Lipinski definition) is 2. The SMILES string of the molecule is C1=CC=CNC=C1.CCC(C)CCC(=O)Cl. The molecule has 0 aromatic heterocycles. The van der Waals surface area contributed by atoms with E-state index in [1.54, 1.807) is 0 Å². The summed E-state index contributed by atoms with van der Waals surface area (Å²) in [6.07, 6.45) is 14.2. The van der Waals surface area contributed by atoms with E-state index in [0.29, 0.717) is 12.3 Å². The number of carbonyl (C=O) groups excluding carboxylic acids is 1. The summed E-state index contributed by atoms with van der Waals surface area (Å²) in [4.78, 5) is 10.2. The second-order valence-corrected chi connectivity index (χ2v) is 4.10. The Bertz CT molecular complexity index is 255. The Labute approximate surface area is 103 Å². The van der Waals surface area contributed by atoms with E-state index >= 15 is 0 Å². The minimum Gasteiger partial charge on any atom is -0.368 e. The van der Waals surface area contributed by atoms with Crippen LogP contribution >= 0.6 is 11.6 Å². The van der Waals surface area contributed by atoms with Gasteiger partial charge < -0.3 is 5.32 Å². The Hall–Kier alpha value is -1.02. The highest BCUT2D eigenvalue weighted by Crippen LogP contribution is 2.09. The fourth-order valence-corrected chi connectivity index (χ4v) is 1.08. The molecule has 0 saturated heterocycles. The zero-order valence-electron chi connectivity index (χ0n) is 9.95. The van der Waals surface area contributed by atoms with Crippen molar-refractivity contribution in [1.82, 2.24) is 5.32 Å². The topological polar surface area (TPSA) is 29.1 Å². The molecule has 0 bridgehead atoms. The maximum Gasteiger partial charge on any atom is 0.221 e. The Morgan fingerprint density at radius 1 is 1.25 bits per heavy atom. The summed E-state index contributed by atoms with van der Waals surface area (Å²) >= 11 is 5.14. The molecule has 3 heteroatoms. The van der Waals surface area contributed by atoms with E-state index in [9.17, 15) is 4.79 Å². The summed E-state index contributed by atoms with van der Waals surface area (Å²) in [7, 11) is 0. The van der Waals surface area contributed by atoms with Crippen molar-refractivity contribution in [3.8, 4) is 0 Å². The van der Waals surface area contributed by atoms with Crippen LogP contribution in [-0.4, -0.2) is 5.24 Å². The average molecular weight is 242 g/mol. The van der Waals surface area contributed by atoms with Gasteiger partial charge in [-0.15, -0.1) is 0 Å². The summed E-state index contributed by atoms with van der Waals surface area (Å²) in [5, 5.41) is 2.71. The van der Waals surface area contributed by atoms with Gasteiger partial charge in [0.25, 0.3) is 0 Å². The molecule has 1 aliphatic heterocycles. The van der Waals surface area contributed by atoms with Crippen molar-refractivity contribution in [2.24, 2.45) is 5.92 Å². The third-order valence-electron chi connectivity index (χ3n) is 2.25. The van der Waals surface area contributed by atoms with Crippen LogP contribution in [0.1, 0.15) is 33.1 Å². The minimum absolute atomic E-state index is 0.213. The Kier molecular flexibility index (Phi) is 9.83. The first kappa shape index (κ1) is 15.0. The summed E-state index contributed by atoms with van der Waals surface area (Å²) in [5.74, 6) is 0.632. The molecular weight excluding hydrogens is 222 g/mol. The van der Waals surface area contributed by atoms with E-state index in [1.165, 1.54) is 0 Å². The van der Waals surface area contributed by atoms with Crippen LogP contribution in [0.2, 0.25) is 0 Å². The Balaban J connectivity index is 0.000000288. The van der Waals surface area contributed by atoms with Crippen LogP contribution in [-0.2, 0) is 4.79 Å². The van der Waals surface area contributed by atoms with Gasteiger partial charge in [0.1, 0.15) is 0 Å². The van der Waals surface area contributed by atoms with Crippen LogP contribution in [0.25, 0.3) is 0 Å². The van der Waals surface area contributed by atoms with E-state index < -0.39 is 0 Å². The number of rotatable bonds is 4. The largest absolute Gasteiger partial charge is 0.368 e. The first-order chi connectivity index (χ1) is 7.66. The van der Waals surface area contributed by atoms with Crippen LogP contribution in [0.4, 0.5) is 0 Å². The molecule has 1 heterocycles. The zero-order valence-corrected chi connectivity index (χ0v) is 10.7. The summed E-state index contributed by atoms with van der Waals surface area (Å²) < 4.78 is 0. The van der Waals surface area contributed by atoms with Crippen molar-refractivity contribution in [3.05, 3.63) is 36.7 Å². The lowest BCUT2D eigenvalue weighted by molar-refractivity contribution is -0.111. The Morgan fingerprint density at radius 3 is 2.25 bits per heavy atom. The number of carbonyl (C=O) groups is 1. The smallest absolute Gasteiger partial charge is 0.221 e. The third kappa shape index (κ3) is 11.1. The van der Waals surface area contributed by atoms with Gasteiger partial charge in [-0.1, -0.05) is 32.4 Å². The van der Waals surface area contributed by atoms with Crippen LogP contribution in [0.5, 0.6) is 0 Å². The van der Waals surface area contributed by atoms with Crippen molar-refractivity contribution in [1.29, 1.82) is 0 Å². The molecule has 0 saturated carbocycles. The predicted octanol–water partition coefficient (Wildman–Crippen LogP) is 3.75. The third-order valence-corrected chi connectivity index (χ3v) is 2.44. The highest BCUT2D eigenvalue weighted by Gasteiger charge is 2.00. The van der Waals surface area contributed by atoms with E-state index in [-0.39, 0.29) is 5.24 Å². The molecule has 90 valence electrons. The minimum atomic E-state index is -0.213. The fourth-order valence-electron chi connectivity index (χ4n) is 0.970. The van der Waals surface area contributed by atoms with Gasteiger partial charge in [-0.05, 0) is 36.1 Å². The van der Waals surface area contributed by atoms with Crippen molar-refractivity contribution in [2.75, 3.05) is 0 Å². The molecule has 1 rings (SSSR count). The van der Waals surface area contributed by atoms with Crippen molar-refractivity contribution < 1.29 is 4.79 Å². The van der Waals surface area contributed by atoms with Crippen LogP contribution in [0.15, 0.2) is 36.7 Å². The van der Waals surface area contributed by atoms with Gasteiger partial charge >= 0.3 is 0 Å². The first-order valence-corrected chi connectivity index (χ1v) is 5.97. The zero-order chi connectivity index (χ0) is 12.2. The lowest BCUT2D eigenvalue weighted by Gasteiger charge is -2.03. The van der Waals surface area contributed by atoms with E-state index in [0.717, 1.165) is 12.8 Å². The molecule has 1 N–H and O–H groups in total. The first-order valence-electron chi connectivity index (χ1n) is 5.59. The predicted molar refractivity (Wildman–Crippen MR) is 70.1 cm³/mol. The molecule has 0 aromatic rings. The summed E-state index contributed by atoms with van der Waals surface area (Å²) in [5.41, 5.74) is 0. The molecule has 1 unspecified atom stereocenters. The summed E-state index contributed by atoms with van der Waals surface area (Å²) in [6, 6.07) is 0. The van der Waals surface area contributed by atoms with Crippen LogP contribution in [0, 0.1) is 5.92 Å². The maximum atomic E-state index is 10.2. The molecule has 2 nitrogen and oxygen atoms in total. The van der Waals surface area contributed by atoms with Crippen molar-refractivity contribution in [2.45, 2.75) is 33.1 Å². The second-order valence-electron chi connectivity index (χ2n) is 3.68. The molecule has 0 aromatic carbocycles. The van der Waals surface area contributed by atoms with Gasteiger partial charge in [-0.3, -0.25) is 4.79 Å². The highest BCUT2D eigenvalue weighted by molar-refractivity contribution is 6.63. The van der Waals surface area contributed by atoms with Gasteiger partial charge in [-0.25, -0.2) is 0 Å². The average Bonchev–Trinajstić information content (AvgIpc) is 2.58. The number of allylic oxidation sites excluding steroid dienone is 4. The second kappa shape index (κ2) is 10.5. The molecular formula is C13H20ClNO. The quantitative estimate of drug-likeness (QED) is 0.760.